The first-order valence-electron chi connectivity index (χ1n) is 7.39. The van der Waals surface area contributed by atoms with Crippen LogP contribution in [-0.2, 0) is 6.42 Å². The van der Waals surface area contributed by atoms with Crippen molar-refractivity contribution < 1.29 is 0 Å². The van der Waals surface area contributed by atoms with E-state index < -0.39 is 0 Å². The number of hydrogen-bond acceptors (Lipinski definition) is 2. The minimum Gasteiger partial charge on any atom is -0.310 e. The van der Waals surface area contributed by atoms with E-state index in [-0.39, 0.29) is 5.56 Å². The quantitative estimate of drug-likeness (QED) is 0.921. The fourth-order valence-electron chi connectivity index (χ4n) is 2.50. The van der Waals surface area contributed by atoms with Crippen LogP contribution in [-0.4, -0.2) is 9.97 Å². The van der Waals surface area contributed by atoms with Crippen LogP contribution in [0.25, 0.3) is 11.3 Å². The van der Waals surface area contributed by atoms with Gasteiger partial charge in [0.2, 0.25) is 0 Å². The molecule has 1 aliphatic carbocycles. The topological polar surface area (TPSA) is 45.8 Å². The average molecular weight is 268 g/mol. The summed E-state index contributed by atoms with van der Waals surface area (Å²) in [5.74, 6) is 1.31. The number of aromatic amines is 1. The van der Waals surface area contributed by atoms with Crippen LogP contribution in [0.15, 0.2) is 29.1 Å². The van der Waals surface area contributed by atoms with E-state index in [9.17, 15) is 4.79 Å². The summed E-state index contributed by atoms with van der Waals surface area (Å²) in [7, 11) is 0. The van der Waals surface area contributed by atoms with E-state index in [0.717, 1.165) is 42.8 Å². The van der Waals surface area contributed by atoms with Gasteiger partial charge in [-0.3, -0.25) is 4.79 Å². The molecule has 0 amide bonds. The van der Waals surface area contributed by atoms with Crippen LogP contribution < -0.4 is 5.56 Å². The van der Waals surface area contributed by atoms with Gasteiger partial charge in [0, 0.05) is 17.0 Å². The summed E-state index contributed by atoms with van der Waals surface area (Å²) in [4.78, 5) is 19.6. The predicted octanol–water partition coefficient (Wildman–Crippen LogP) is 3.58. The van der Waals surface area contributed by atoms with Crippen molar-refractivity contribution in [2.24, 2.45) is 0 Å². The maximum atomic E-state index is 12.0. The molecule has 3 heteroatoms. The zero-order chi connectivity index (χ0) is 14.1. The molecule has 104 valence electrons. The maximum absolute atomic E-state index is 12.0. The monoisotopic (exact) mass is 268 g/mol. The largest absolute Gasteiger partial charge is 0.310 e. The molecule has 3 nitrogen and oxygen atoms in total. The molecule has 1 fully saturated rings. The standard InChI is InChI=1S/C17H20N2O/c1-3-4-12-5-7-13(8-6-12)15-11(2)17(20)19-16(18-15)14-9-10-14/h5-8,14H,3-4,9-10H2,1-2H3,(H,18,19,20). The Balaban J connectivity index is 2.01. The summed E-state index contributed by atoms with van der Waals surface area (Å²) in [6.45, 7) is 4.02. The summed E-state index contributed by atoms with van der Waals surface area (Å²) in [5, 5.41) is 0. The van der Waals surface area contributed by atoms with Crippen LogP contribution in [0.5, 0.6) is 0 Å². The second-order valence-corrected chi connectivity index (χ2v) is 5.65. The molecule has 0 bridgehead atoms. The highest BCUT2D eigenvalue weighted by Gasteiger charge is 2.27. The maximum Gasteiger partial charge on any atom is 0.254 e. The van der Waals surface area contributed by atoms with E-state index >= 15 is 0 Å². The molecule has 20 heavy (non-hydrogen) atoms. The molecule has 0 aliphatic heterocycles. The third kappa shape index (κ3) is 2.53. The summed E-state index contributed by atoms with van der Waals surface area (Å²) >= 11 is 0. The van der Waals surface area contributed by atoms with Gasteiger partial charge in [0.25, 0.3) is 5.56 Å². The molecular weight excluding hydrogens is 248 g/mol. The van der Waals surface area contributed by atoms with Crippen LogP contribution >= 0.6 is 0 Å². The molecule has 2 aromatic rings. The van der Waals surface area contributed by atoms with E-state index in [1.807, 2.05) is 6.92 Å². The molecule has 1 aromatic carbocycles. The predicted molar refractivity (Wildman–Crippen MR) is 81.0 cm³/mol. The lowest BCUT2D eigenvalue weighted by Crippen LogP contribution is -2.15. The molecular formula is C17H20N2O. The van der Waals surface area contributed by atoms with Gasteiger partial charge in [-0.15, -0.1) is 0 Å². The van der Waals surface area contributed by atoms with Crippen LogP contribution in [0.4, 0.5) is 0 Å². The number of nitrogens with zero attached hydrogens (tertiary/aromatic N) is 1. The Labute approximate surface area is 119 Å². The molecule has 3 rings (SSSR count). The minimum absolute atomic E-state index is 0.00506. The number of hydrogen-bond donors (Lipinski definition) is 1. The van der Waals surface area contributed by atoms with E-state index in [1.165, 1.54) is 5.56 Å². The second-order valence-electron chi connectivity index (χ2n) is 5.65. The van der Waals surface area contributed by atoms with Crippen LogP contribution in [0.1, 0.15) is 49.1 Å². The van der Waals surface area contributed by atoms with Gasteiger partial charge in [-0.05, 0) is 31.7 Å². The Bertz CT molecular complexity index is 666. The SMILES string of the molecule is CCCc1ccc(-c2nc(C3CC3)[nH]c(=O)c2C)cc1. The molecule has 0 atom stereocenters. The number of aromatic nitrogens is 2. The smallest absolute Gasteiger partial charge is 0.254 e. The van der Waals surface area contributed by atoms with Gasteiger partial charge in [-0.2, -0.15) is 0 Å². The highest BCUT2D eigenvalue weighted by molar-refractivity contribution is 5.62. The first kappa shape index (κ1) is 13.1. The molecule has 1 saturated carbocycles. The summed E-state index contributed by atoms with van der Waals surface area (Å²) in [5.41, 5.74) is 3.90. The van der Waals surface area contributed by atoms with Gasteiger partial charge in [-0.1, -0.05) is 37.6 Å². The molecule has 1 aromatic heterocycles. The molecule has 0 spiro atoms. The van der Waals surface area contributed by atoms with Crippen molar-refractivity contribution >= 4 is 0 Å². The third-order valence-electron chi connectivity index (χ3n) is 3.90. The second kappa shape index (κ2) is 5.23. The van der Waals surface area contributed by atoms with E-state index in [0.29, 0.717) is 11.5 Å². The zero-order valence-electron chi connectivity index (χ0n) is 12.1. The number of H-pyrrole nitrogens is 1. The van der Waals surface area contributed by atoms with Crippen molar-refractivity contribution in [3.63, 3.8) is 0 Å². The Morgan fingerprint density at radius 3 is 2.55 bits per heavy atom. The Morgan fingerprint density at radius 1 is 1.25 bits per heavy atom. The van der Waals surface area contributed by atoms with E-state index in [1.54, 1.807) is 0 Å². The normalized spacial score (nSPS) is 14.5. The van der Waals surface area contributed by atoms with Crippen molar-refractivity contribution in [2.45, 2.75) is 45.4 Å². The highest BCUT2D eigenvalue weighted by Crippen LogP contribution is 2.38. The molecule has 0 saturated heterocycles. The lowest BCUT2D eigenvalue weighted by atomic mass is 10.0. The zero-order valence-corrected chi connectivity index (χ0v) is 12.1. The van der Waals surface area contributed by atoms with Gasteiger partial charge >= 0.3 is 0 Å². The Morgan fingerprint density at radius 2 is 1.95 bits per heavy atom. The van der Waals surface area contributed by atoms with E-state index in [2.05, 4.69) is 41.2 Å². The Kier molecular flexibility index (Phi) is 3.43. The highest BCUT2D eigenvalue weighted by atomic mass is 16.1. The van der Waals surface area contributed by atoms with Crippen molar-refractivity contribution in [3.8, 4) is 11.3 Å². The summed E-state index contributed by atoms with van der Waals surface area (Å²) in [6, 6.07) is 8.43. The number of nitrogens with one attached hydrogen (secondary N) is 1. The fraction of sp³-hybridized carbons (Fsp3) is 0.412. The lowest BCUT2D eigenvalue weighted by Gasteiger charge is -2.08. The molecule has 1 heterocycles. The third-order valence-corrected chi connectivity index (χ3v) is 3.90. The van der Waals surface area contributed by atoms with Crippen LogP contribution in [0, 0.1) is 6.92 Å². The number of benzene rings is 1. The summed E-state index contributed by atoms with van der Waals surface area (Å²) < 4.78 is 0. The first-order chi connectivity index (χ1) is 9.69. The van der Waals surface area contributed by atoms with E-state index in [4.69, 9.17) is 0 Å². The van der Waals surface area contributed by atoms with Gasteiger partial charge < -0.3 is 4.98 Å². The van der Waals surface area contributed by atoms with Gasteiger partial charge in [0.1, 0.15) is 5.82 Å². The molecule has 0 radical (unpaired) electrons. The van der Waals surface area contributed by atoms with Gasteiger partial charge in [0.15, 0.2) is 0 Å². The van der Waals surface area contributed by atoms with Crippen molar-refractivity contribution in [2.75, 3.05) is 0 Å². The first-order valence-corrected chi connectivity index (χ1v) is 7.39. The molecule has 0 unspecified atom stereocenters. The van der Waals surface area contributed by atoms with Crippen LogP contribution in [0.3, 0.4) is 0 Å². The number of aryl methyl sites for hydroxylation is 1. The minimum atomic E-state index is -0.00506. The average Bonchev–Trinajstić information content (AvgIpc) is 3.28. The van der Waals surface area contributed by atoms with Gasteiger partial charge in [0.05, 0.1) is 5.69 Å². The van der Waals surface area contributed by atoms with Crippen LogP contribution in [0.2, 0.25) is 0 Å². The van der Waals surface area contributed by atoms with Gasteiger partial charge in [-0.25, -0.2) is 4.98 Å². The van der Waals surface area contributed by atoms with Crippen molar-refractivity contribution in [3.05, 3.63) is 51.6 Å². The van der Waals surface area contributed by atoms with Crippen molar-refractivity contribution in [1.29, 1.82) is 0 Å². The summed E-state index contributed by atoms with van der Waals surface area (Å²) in [6.07, 6.45) is 4.52. The molecule has 1 N–H and O–H groups in total. The molecule has 1 aliphatic rings. The number of rotatable bonds is 4. The lowest BCUT2D eigenvalue weighted by molar-refractivity contribution is 0.900. The fourth-order valence-corrected chi connectivity index (χ4v) is 2.50. The van der Waals surface area contributed by atoms with Crippen molar-refractivity contribution in [1.82, 2.24) is 9.97 Å². The Hall–Kier alpha value is -1.90.